The first-order valence-corrected chi connectivity index (χ1v) is 6.07. The predicted octanol–water partition coefficient (Wildman–Crippen LogP) is 1.61. The first kappa shape index (κ1) is 12.7. The molecule has 0 atom stereocenters. The highest BCUT2D eigenvalue weighted by Crippen LogP contribution is 2.03. The van der Waals surface area contributed by atoms with Crippen molar-refractivity contribution in [2.45, 2.75) is 39.4 Å². The molecule has 0 aliphatic carbocycles. The summed E-state index contributed by atoms with van der Waals surface area (Å²) in [7, 11) is 0. The van der Waals surface area contributed by atoms with E-state index >= 15 is 0 Å². The van der Waals surface area contributed by atoms with E-state index < -0.39 is 0 Å². The van der Waals surface area contributed by atoms with Gasteiger partial charge < -0.3 is 5.32 Å². The van der Waals surface area contributed by atoms with Crippen LogP contribution in [0.3, 0.4) is 0 Å². The predicted molar refractivity (Wildman–Crippen MR) is 70.0 cm³/mol. The molecule has 0 aliphatic heterocycles. The van der Waals surface area contributed by atoms with Gasteiger partial charge in [0, 0.05) is 18.3 Å². The van der Waals surface area contributed by atoms with Crippen LogP contribution in [0.25, 0.3) is 0 Å². The lowest BCUT2D eigenvalue weighted by Gasteiger charge is -2.19. The fourth-order valence-corrected chi connectivity index (χ4v) is 1.51. The van der Waals surface area contributed by atoms with Crippen LogP contribution in [-0.2, 0) is 13.1 Å². The smallest absolute Gasteiger partial charge is 0.0965 e. The van der Waals surface area contributed by atoms with Crippen molar-refractivity contribution >= 4 is 0 Å². The van der Waals surface area contributed by atoms with Crippen molar-refractivity contribution in [2.75, 3.05) is 0 Å². The van der Waals surface area contributed by atoms with Crippen LogP contribution in [0.1, 0.15) is 32.2 Å². The van der Waals surface area contributed by atoms with Crippen molar-refractivity contribution in [3.05, 3.63) is 42.0 Å². The molecule has 0 saturated carbocycles. The fraction of sp³-hybridized carbons (Fsp3) is 0.462. The molecule has 0 fully saturated rings. The van der Waals surface area contributed by atoms with E-state index in [9.17, 15) is 0 Å². The van der Waals surface area contributed by atoms with Gasteiger partial charge in [-0.15, -0.1) is 5.10 Å². The van der Waals surface area contributed by atoms with Crippen molar-refractivity contribution in [1.82, 2.24) is 25.3 Å². The van der Waals surface area contributed by atoms with Crippen LogP contribution in [0.2, 0.25) is 0 Å². The molecule has 0 unspecified atom stereocenters. The molecular weight excluding hydrogens is 226 g/mol. The van der Waals surface area contributed by atoms with Crippen LogP contribution >= 0.6 is 0 Å². The van der Waals surface area contributed by atoms with E-state index in [0.29, 0.717) is 6.54 Å². The van der Waals surface area contributed by atoms with Gasteiger partial charge in [-0.2, -0.15) is 0 Å². The number of aromatic nitrogens is 4. The summed E-state index contributed by atoms with van der Waals surface area (Å²) >= 11 is 0. The Balaban J connectivity index is 1.94. The van der Waals surface area contributed by atoms with Gasteiger partial charge in [-0.05, 0) is 32.9 Å². The van der Waals surface area contributed by atoms with E-state index in [4.69, 9.17) is 0 Å². The molecule has 0 amide bonds. The molecule has 96 valence electrons. The third-order valence-electron chi connectivity index (χ3n) is 2.44. The maximum Gasteiger partial charge on any atom is 0.0965 e. The van der Waals surface area contributed by atoms with E-state index in [1.807, 2.05) is 29.1 Å². The van der Waals surface area contributed by atoms with Crippen LogP contribution in [-0.4, -0.2) is 25.5 Å². The third kappa shape index (κ3) is 3.92. The molecule has 0 aromatic carbocycles. The maximum absolute atomic E-state index is 4.26. The van der Waals surface area contributed by atoms with Gasteiger partial charge in [0.2, 0.25) is 0 Å². The second-order valence-corrected chi connectivity index (χ2v) is 5.33. The van der Waals surface area contributed by atoms with Crippen LogP contribution in [0, 0.1) is 0 Å². The highest BCUT2D eigenvalue weighted by atomic mass is 15.4. The summed E-state index contributed by atoms with van der Waals surface area (Å²) in [6, 6.07) is 5.86. The minimum Gasteiger partial charge on any atom is -0.306 e. The lowest BCUT2D eigenvalue weighted by Crippen LogP contribution is -2.35. The largest absolute Gasteiger partial charge is 0.306 e. The van der Waals surface area contributed by atoms with E-state index in [-0.39, 0.29) is 5.54 Å². The Labute approximate surface area is 107 Å². The topological polar surface area (TPSA) is 55.6 Å². The molecule has 2 aromatic heterocycles. The lowest BCUT2D eigenvalue weighted by atomic mass is 10.1. The zero-order valence-corrected chi connectivity index (χ0v) is 11.1. The lowest BCUT2D eigenvalue weighted by molar-refractivity contribution is 0.421. The zero-order valence-electron chi connectivity index (χ0n) is 11.1. The van der Waals surface area contributed by atoms with Crippen molar-refractivity contribution in [1.29, 1.82) is 0 Å². The monoisotopic (exact) mass is 245 g/mol. The molecule has 0 spiro atoms. The average Bonchev–Trinajstić information content (AvgIpc) is 2.75. The SMILES string of the molecule is CC(C)(C)NCc1cn(Cc2ccccn2)nn1. The van der Waals surface area contributed by atoms with Gasteiger partial charge >= 0.3 is 0 Å². The van der Waals surface area contributed by atoms with Crippen LogP contribution in [0.5, 0.6) is 0 Å². The second kappa shape index (κ2) is 5.27. The highest BCUT2D eigenvalue weighted by molar-refractivity contribution is 5.04. The molecular formula is C13H19N5. The van der Waals surface area contributed by atoms with E-state index in [1.165, 1.54) is 0 Å². The molecule has 2 aromatic rings. The van der Waals surface area contributed by atoms with Crippen molar-refractivity contribution < 1.29 is 0 Å². The molecule has 0 bridgehead atoms. The van der Waals surface area contributed by atoms with Gasteiger partial charge in [0.25, 0.3) is 0 Å². The van der Waals surface area contributed by atoms with Gasteiger partial charge in [0.15, 0.2) is 0 Å². The number of rotatable bonds is 4. The number of pyridine rings is 1. The molecule has 18 heavy (non-hydrogen) atoms. The van der Waals surface area contributed by atoms with Gasteiger partial charge in [0.1, 0.15) is 0 Å². The number of nitrogens with one attached hydrogen (secondary N) is 1. The normalized spacial score (nSPS) is 11.7. The Morgan fingerprint density at radius 1 is 1.22 bits per heavy atom. The second-order valence-electron chi connectivity index (χ2n) is 5.33. The van der Waals surface area contributed by atoms with Crippen LogP contribution in [0.4, 0.5) is 0 Å². The van der Waals surface area contributed by atoms with Crippen LogP contribution < -0.4 is 5.32 Å². The molecule has 0 radical (unpaired) electrons. The zero-order chi connectivity index (χ0) is 13.0. The summed E-state index contributed by atoms with van der Waals surface area (Å²) in [4.78, 5) is 4.26. The summed E-state index contributed by atoms with van der Waals surface area (Å²) in [6.07, 6.45) is 3.74. The number of nitrogens with zero attached hydrogens (tertiary/aromatic N) is 4. The van der Waals surface area contributed by atoms with E-state index in [2.05, 4.69) is 41.4 Å². The van der Waals surface area contributed by atoms with Gasteiger partial charge in [-0.1, -0.05) is 11.3 Å². The number of hydrogen-bond acceptors (Lipinski definition) is 4. The van der Waals surface area contributed by atoms with Gasteiger partial charge in [-0.3, -0.25) is 4.98 Å². The van der Waals surface area contributed by atoms with Crippen molar-refractivity contribution in [3.63, 3.8) is 0 Å². The van der Waals surface area contributed by atoms with Gasteiger partial charge in [0.05, 0.1) is 24.1 Å². The molecule has 0 saturated heterocycles. The summed E-state index contributed by atoms with van der Waals surface area (Å²) in [6.45, 7) is 7.77. The van der Waals surface area contributed by atoms with E-state index in [1.54, 1.807) is 6.20 Å². The first-order chi connectivity index (χ1) is 8.53. The molecule has 2 heterocycles. The molecule has 0 aliphatic rings. The quantitative estimate of drug-likeness (QED) is 0.889. The minimum absolute atomic E-state index is 0.0881. The van der Waals surface area contributed by atoms with E-state index in [0.717, 1.165) is 17.9 Å². The number of hydrogen-bond donors (Lipinski definition) is 1. The Kier molecular flexibility index (Phi) is 3.72. The Bertz CT molecular complexity index is 484. The van der Waals surface area contributed by atoms with Crippen molar-refractivity contribution in [2.24, 2.45) is 0 Å². The molecule has 2 rings (SSSR count). The minimum atomic E-state index is 0.0881. The Morgan fingerprint density at radius 3 is 2.72 bits per heavy atom. The molecule has 1 N–H and O–H groups in total. The Hall–Kier alpha value is -1.75. The van der Waals surface area contributed by atoms with Crippen molar-refractivity contribution in [3.8, 4) is 0 Å². The van der Waals surface area contributed by atoms with Gasteiger partial charge in [-0.25, -0.2) is 4.68 Å². The molecule has 5 heteroatoms. The summed E-state index contributed by atoms with van der Waals surface area (Å²) in [5.41, 5.74) is 2.02. The Morgan fingerprint density at radius 2 is 2.06 bits per heavy atom. The standard InChI is InChI=1S/C13H19N5/c1-13(2,3)15-8-12-10-18(17-16-12)9-11-6-4-5-7-14-11/h4-7,10,15H,8-9H2,1-3H3. The first-order valence-electron chi connectivity index (χ1n) is 6.07. The van der Waals surface area contributed by atoms with Crippen LogP contribution in [0.15, 0.2) is 30.6 Å². The highest BCUT2D eigenvalue weighted by Gasteiger charge is 2.10. The summed E-state index contributed by atoms with van der Waals surface area (Å²) in [5, 5.41) is 11.6. The summed E-state index contributed by atoms with van der Waals surface area (Å²) < 4.78 is 1.81. The third-order valence-corrected chi connectivity index (χ3v) is 2.44. The fourth-order valence-electron chi connectivity index (χ4n) is 1.51. The molecule has 5 nitrogen and oxygen atoms in total. The summed E-state index contributed by atoms with van der Waals surface area (Å²) in [5.74, 6) is 0. The average molecular weight is 245 g/mol. The maximum atomic E-state index is 4.26.